The molecule has 1 atom stereocenters. The molecule has 0 saturated carbocycles. The lowest BCUT2D eigenvalue weighted by molar-refractivity contribution is -0.122. The average Bonchev–Trinajstić information content (AvgIpc) is 2.03. The summed E-state index contributed by atoms with van der Waals surface area (Å²) >= 11 is 0. The Labute approximate surface area is 70.8 Å². The highest BCUT2D eigenvalue weighted by Crippen LogP contribution is 2.13. The summed E-state index contributed by atoms with van der Waals surface area (Å²) in [5.41, 5.74) is 0. The third-order valence-electron chi connectivity index (χ3n) is 1.50. The molecule has 1 aliphatic heterocycles. The van der Waals surface area contributed by atoms with Crippen molar-refractivity contribution in [3.05, 3.63) is 11.8 Å². The van der Waals surface area contributed by atoms with Crippen molar-refractivity contribution in [3.8, 4) is 6.07 Å². The van der Waals surface area contributed by atoms with Gasteiger partial charge in [0.25, 0.3) is 0 Å². The first-order valence-electron chi connectivity index (χ1n) is 3.76. The topological polar surface area (TPSA) is 62.1 Å². The van der Waals surface area contributed by atoms with E-state index in [1.54, 1.807) is 6.08 Å². The Morgan fingerprint density at radius 2 is 2.67 bits per heavy atom. The molecule has 1 aliphatic rings. The van der Waals surface area contributed by atoms with Gasteiger partial charge in [0.15, 0.2) is 12.0 Å². The lowest BCUT2D eigenvalue weighted by Gasteiger charge is -2.21. The Kier molecular flexibility index (Phi) is 2.70. The summed E-state index contributed by atoms with van der Waals surface area (Å²) in [5.74, 6) is 0.152. The molecule has 1 N–H and O–H groups in total. The number of hydrogen-bond acceptors (Lipinski definition) is 3. The highest BCUT2D eigenvalue weighted by molar-refractivity contribution is 5.73. The van der Waals surface area contributed by atoms with Gasteiger partial charge in [0.2, 0.25) is 5.91 Å². The van der Waals surface area contributed by atoms with Gasteiger partial charge in [-0.15, -0.1) is 0 Å². The lowest BCUT2D eigenvalue weighted by Crippen LogP contribution is -2.36. The van der Waals surface area contributed by atoms with E-state index in [0.717, 1.165) is 12.8 Å². The third-order valence-corrected chi connectivity index (χ3v) is 1.50. The van der Waals surface area contributed by atoms with Crippen LogP contribution in [0.15, 0.2) is 11.8 Å². The van der Waals surface area contributed by atoms with Crippen molar-refractivity contribution < 1.29 is 9.53 Å². The van der Waals surface area contributed by atoms with Gasteiger partial charge in [0, 0.05) is 13.3 Å². The highest BCUT2D eigenvalue weighted by atomic mass is 16.5. The van der Waals surface area contributed by atoms with Crippen LogP contribution in [0.1, 0.15) is 19.8 Å². The molecule has 0 aliphatic carbocycles. The summed E-state index contributed by atoms with van der Waals surface area (Å²) < 4.78 is 5.11. The van der Waals surface area contributed by atoms with Gasteiger partial charge in [0.05, 0.1) is 0 Å². The minimum absolute atomic E-state index is 0.140. The third kappa shape index (κ3) is 2.27. The smallest absolute Gasteiger partial charge is 0.219 e. The van der Waals surface area contributed by atoms with Crippen LogP contribution in [0.5, 0.6) is 0 Å². The number of nitriles is 1. The Morgan fingerprint density at radius 3 is 3.25 bits per heavy atom. The molecule has 1 rings (SSSR count). The first-order valence-corrected chi connectivity index (χ1v) is 3.76. The average molecular weight is 166 g/mol. The first-order chi connectivity index (χ1) is 5.72. The fourth-order valence-corrected chi connectivity index (χ4v) is 1.03. The van der Waals surface area contributed by atoms with Crippen molar-refractivity contribution in [1.29, 1.82) is 5.26 Å². The van der Waals surface area contributed by atoms with Crippen LogP contribution in [0.4, 0.5) is 0 Å². The summed E-state index contributed by atoms with van der Waals surface area (Å²) in [4.78, 5) is 10.6. The maximum absolute atomic E-state index is 10.6. The van der Waals surface area contributed by atoms with Crippen molar-refractivity contribution >= 4 is 5.91 Å². The van der Waals surface area contributed by atoms with Crippen LogP contribution >= 0.6 is 0 Å². The van der Waals surface area contributed by atoms with E-state index in [0.29, 0.717) is 5.76 Å². The van der Waals surface area contributed by atoms with Gasteiger partial charge in [-0.05, 0) is 12.5 Å². The van der Waals surface area contributed by atoms with Crippen molar-refractivity contribution in [2.24, 2.45) is 0 Å². The number of rotatable bonds is 1. The van der Waals surface area contributed by atoms with Gasteiger partial charge in [-0.3, -0.25) is 4.79 Å². The Bertz CT molecular complexity index is 252. The Morgan fingerprint density at radius 1 is 1.92 bits per heavy atom. The minimum Gasteiger partial charge on any atom is -0.461 e. The van der Waals surface area contributed by atoms with Crippen molar-refractivity contribution in [3.63, 3.8) is 0 Å². The zero-order valence-corrected chi connectivity index (χ0v) is 6.83. The standard InChI is InChI=1S/C8H10N2O2/c1-6(11)10-8-4-2-3-7(5-9)12-8/h3,8H,2,4H2,1H3,(H,10,11)/t8-/m1/s1. The van der Waals surface area contributed by atoms with Gasteiger partial charge in [-0.25, -0.2) is 0 Å². The van der Waals surface area contributed by atoms with Crippen LogP contribution in [0, 0.1) is 11.3 Å². The summed E-state index contributed by atoms with van der Waals surface area (Å²) in [6.07, 6.45) is 2.89. The van der Waals surface area contributed by atoms with Crippen LogP contribution < -0.4 is 5.32 Å². The number of carbonyl (C=O) groups is 1. The minimum atomic E-state index is -0.331. The molecule has 0 saturated heterocycles. The molecule has 1 amide bonds. The predicted molar refractivity (Wildman–Crippen MR) is 41.6 cm³/mol. The SMILES string of the molecule is CC(=O)N[C@H]1CCC=C(C#N)O1. The molecule has 0 spiro atoms. The fraction of sp³-hybridized carbons (Fsp3) is 0.500. The summed E-state index contributed by atoms with van der Waals surface area (Å²) in [6, 6.07) is 1.89. The second-order valence-corrected chi connectivity index (χ2v) is 2.56. The summed E-state index contributed by atoms with van der Waals surface area (Å²) in [7, 11) is 0. The quantitative estimate of drug-likeness (QED) is 0.622. The monoisotopic (exact) mass is 166 g/mol. The van der Waals surface area contributed by atoms with Crippen LogP contribution in [0.25, 0.3) is 0 Å². The zero-order chi connectivity index (χ0) is 8.97. The maximum Gasteiger partial charge on any atom is 0.219 e. The highest BCUT2D eigenvalue weighted by Gasteiger charge is 2.15. The molecule has 64 valence electrons. The molecule has 0 aromatic heterocycles. The van der Waals surface area contributed by atoms with Crippen molar-refractivity contribution in [1.82, 2.24) is 5.32 Å². The molecule has 0 radical (unpaired) electrons. The predicted octanol–water partition coefficient (Wildman–Crippen LogP) is 0.666. The number of hydrogen-bond donors (Lipinski definition) is 1. The first kappa shape index (κ1) is 8.60. The van der Waals surface area contributed by atoms with Crippen molar-refractivity contribution in [2.45, 2.75) is 26.0 Å². The molecular weight excluding hydrogens is 156 g/mol. The number of amides is 1. The van der Waals surface area contributed by atoms with Crippen LogP contribution in [0.3, 0.4) is 0 Å². The molecule has 0 aromatic carbocycles. The summed E-state index contributed by atoms with van der Waals surface area (Å²) in [6.45, 7) is 1.42. The number of carbonyl (C=O) groups excluding carboxylic acids is 1. The molecule has 0 aromatic rings. The Balaban J connectivity index is 2.47. The largest absolute Gasteiger partial charge is 0.461 e. The van der Waals surface area contributed by atoms with E-state index in [2.05, 4.69) is 5.32 Å². The molecular formula is C8H10N2O2. The number of nitrogens with zero attached hydrogens (tertiary/aromatic N) is 1. The number of ether oxygens (including phenoxy) is 1. The number of nitrogens with one attached hydrogen (secondary N) is 1. The molecule has 4 heteroatoms. The summed E-state index contributed by atoms with van der Waals surface area (Å²) in [5, 5.41) is 11.1. The second kappa shape index (κ2) is 3.77. The zero-order valence-electron chi connectivity index (χ0n) is 6.83. The molecule has 4 nitrogen and oxygen atoms in total. The van der Waals surface area contributed by atoms with E-state index >= 15 is 0 Å². The number of allylic oxidation sites excluding steroid dienone is 2. The molecule has 0 bridgehead atoms. The second-order valence-electron chi connectivity index (χ2n) is 2.56. The molecule has 0 fully saturated rings. The van der Waals surface area contributed by atoms with Gasteiger partial charge >= 0.3 is 0 Å². The Hall–Kier alpha value is -1.50. The van der Waals surface area contributed by atoms with E-state index in [1.807, 2.05) is 6.07 Å². The fourth-order valence-electron chi connectivity index (χ4n) is 1.03. The van der Waals surface area contributed by atoms with E-state index in [4.69, 9.17) is 10.00 Å². The van der Waals surface area contributed by atoms with E-state index in [1.165, 1.54) is 6.92 Å². The van der Waals surface area contributed by atoms with Gasteiger partial charge in [-0.1, -0.05) is 0 Å². The van der Waals surface area contributed by atoms with Crippen molar-refractivity contribution in [2.75, 3.05) is 0 Å². The van der Waals surface area contributed by atoms with Crippen LogP contribution in [0.2, 0.25) is 0 Å². The molecule has 0 unspecified atom stereocenters. The van der Waals surface area contributed by atoms with Crippen LogP contribution in [-0.2, 0) is 9.53 Å². The van der Waals surface area contributed by atoms with Crippen LogP contribution in [-0.4, -0.2) is 12.1 Å². The van der Waals surface area contributed by atoms with Gasteiger partial charge < -0.3 is 10.1 Å². The molecule has 12 heavy (non-hydrogen) atoms. The normalized spacial score (nSPS) is 21.7. The van der Waals surface area contributed by atoms with E-state index in [-0.39, 0.29) is 12.1 Å². The van der Waals surface area contributed by atoms with E-state index < -0.39 is 0 Å². The maximum atomic E-state index is 10.6. The molecule has 1 heterocycles. The van der Waals surface area contributed by atoms with E-state index in [9.17, 15) is 4.79 Å². The van der Waals surface area contributed by atoms with Gasteiger partial charge in [-0.2, -0.15) is 5.26 Å². The lowest BCUT2D eigenvalue weighted by atomic mass is 10.2. The van der Waals surface area contributed by atoms with Gasteiger partial charge in [0.1, 0.15) is 6.07 Å².